The van der Waals surface area contributed by atoms with Crippen molar-refractivity contribution in [3.63, 3.8) is 0 Å². The molecule has 0 fully saturated rings. The molecule has 0 spiro atoms. The summed E-state index contributed by atoms with van der Waals surface area (Å²) in [6.45, 7) is 6.26. The van der Waals surface area contributed by atoms with Gasteiger partial charge in [-0.3, -0.25) is 13.9 Å². The SMILES string of the molecule is CCCNC(=O)[C@@H](CC)N(CCc1ccccc1)C(=O)CN(c1ccc(OCC)cc1)S(=O)(=O)c1ccc(OC)c(OC)c1. The molecule has 0 aromatic heterocycles. The van der Waals surface area contributed by atoms with E-state index in [9.17, 15) is 18.0 Å². The quantitative estimate of drug-likeness (QED) is 0.232. The van der Waals surface area contributed by atoms with Gasteiger partial charge in [-0.2, -0.15) is 0 Å². The summed E-state index contributed by atoms with van der Waals surface area (Å²) in [6.07, 6.45) is 1.60. The summed E-state index contributed by atoms with van der Waals surface area (Å²) >= 11 is 0. The van der Waals surface area contributed by atoms with Gasteiger partial charge >= 0.3 is 0 Å². The molecule has 0 bridgehead atoms. The molecule has 1 N–H and O–H groups in total. The third kappa shape index (κ3) is 8.66. The average Bonchev–Trinajstić information content (AvgIpc) is 3.04. The summed E-state index contributed by atoms with van der Waals surface area (Å²) < 4.78 is 45.7. The molecular formula is C33H43N3O7S. The van der Waals surface area contributed by atoms with Crippen molar-refractivity contribution < 1.29 is 32.2 Å². The monoisotopic (exact) mass is 625 g/mol. The van der Waals surface area contributed by atoms with Crippen LogP contribution >= 0.6 is 0 Å². The molecule has 0 aliphatic rings. The lowest BCUT2D eigenvalue weighted by Gasteiger charge is -2.33. The van der Waals surface area contributed by atoms with Crippen molar-refractivity contribution >= 4 is 27.5 Å². The zero-order valence-corrected chi connectivity index (χ0v) is 26.9. The highest BCUT2D eigenvalue weighted by molar-refractivity contribution is 7.92. The Labute approximate surface area is 261 Å². The molecule has 0 saturated heterocycles. The number of hydrogen-bond acceptors (Lipinski definition) is 7. The van der Waals surface area contributed by atoms with Gasteiger partial charge in [0.2, 0.25) is 11.8 Å². The van der Waals surface area contributed by atoms with Crippen LogP contribution in [-0.2, 0) is 26.0 Å². The molecule has 0 saturated carbocycles. The maximum Gasteiger partial charge on any atom is 0.264 e. The molecule has 2 amide bonds. The lowest BCUT2D eigenvalue weighted by molar-refractivity contribution is -0.139. The van der Waals surface area contributed by atoms with Crippen molar-refractivity contribution in [3.8, 4) is 17.2 Å². The van der Waals surface area contributed by atoms with E-state index in [4.69, 9.17) is 14.2 Å². The molecule has 3 aromatic carbocycles. The Balaban J connectivity index is 2.05. The Hall–Kier alpha value is -4.25. The van der Waals surface area contributed by atoms with E-state index in [0.717, 1.165) is 16.3 Å². The van der Waals surface area contributed by atoms with E-state index in [2.05, 4.69) is 5.32 Å². The van der Waals surface area contributed by atoms with Crippen LogP contribution in [0.25, 0.3) is 0 Å². The fourth-order valence-electron chi connectivity index (χ4n) is 4.77. The van der Waals surface area contributed by atoms with Gasteiger partial charge < -0.3 is 24.4 Å². The fourth-order valence-corrected chi connectivity index (χ4v) is 6.20. The lowest BCUT2D eigenvalue weighted by Crippen LogP contribution is -2.53. The molecule has 0 aliphatic heterocycles. The summed E-state index contributed by atoms with van der Waals surface area (Å²) in [5.74, 6) is 0.387. The molecule has 1 atom stereocenters. The average molecular weight is 626 g/mol. The number of hydrogen-bond donors (Lipinski definition) is 1. The van der Waals surface area contributed by atoms with Crippen molar-refractivity contribution in [2.24, 2.45) is 0 Å². The molecule has 0 unspecified atom stereocenters. The lowest BCUT2D eigenvalue weighted by atomic mass is 10.1. The molecular weight excluding hydrogens is 582 g/mol. The van der Waals surface area contributed by atoms with Crippen molar-refractivity contribution in [2.75, 3.05) is 44.8 Å². The minimum absolute atomic E-state index is 0.0830. The zero-order valence-electron chi connectivity index (χ0n) is 26.1. The summed E-state index contributed by atoms with van der Waals surface area (Å²) in [7, 11) is -1.41. The van der Waals surface area contributed by atoms with Crippen molar-refractivity contribution in [2.45, 2.75) is 51.0 Å². The van der Waals surface area contributed by atoms with Gasteiger partial charge in [0, 0.05) is 19.2 Å². The first kappa shape index (κ1) is 34.2. The van der Waals surface area contributed by atoms with E-state index in [1.807, 2.05) is 51.1 Å². The second-order valence-corrected chi connectivity index (χ2v) is 11.9. The summed E-state index contributed by atoms with van der Waals surface area (Å²) in [5, 5.41) is 2.90. The van der Waals surface area contributed by atoms with Gasteiger partial charge in [0.25, 0.3) is 10.0 Å². The number of nitrogens with zero attached hydrogens (tertiary/aromatic N) is 2. The topological polar surface area (TPSA) is 114 Å². The smallest absolute Gasteiger partial charge is 0.264 e. The summed E-state index contributed by atoms with van der Waals surface area (Å²) in [5.41, 5.74) is 1.26. The van der Waals surface area contributed by atoms with Gasteiger partial charge in [-0.1, -0.05) is 44.2 Å². The van der Waals surface area contributed by atoms with E-state index in [0.29, 0.717) is 37.5 Å². The van der Waals surface area contributed by atoms with Gasteiger partial charge in [0.1, 0.15) is 18.3 Å². The van der Waals surface area contributed by atoms with Crippen LogP contribution in [0.5, 0.6) is 17.2 Å². The number of carbonyl (C=O) groups is 2. The van der Waals surface area contributed by atoms with Crippen LogP contribution in [0.3, 0.4) is 0 Å². The number of nitrogens with one attached hydrogen (secondary N) is 1. The molecule has 0 radical (unpaired) electrons. The van der Waals surface area contributed by atoms with Gasteiger partial charge in [-0.25, -0.2) is 8.42 Å². The number of anilines is 1. The van der Waals surface area contributed by atoms with Crippen molar-refractivity contribution in [1.29, 1.82) is 0 Å². The predicted molar refractivity (Wildman–Crippen MR) is 171 cm³/mol. The summed E-state index contributed by atoms with van der Waals surface area (Å²) in [6, 6.07) is 19.6. The van der Waals surface area contributed by atoms with Crippen molar-refractivity contribution in [1.82, 2.24) is 10.2 Å². The highest BCUT2D eigenvalue weighted by atomic mass is 32.2. The van der Waals surface area contributed by atoms with Crippen LogP contribution < -0.4 is 23.8 Å². The third-order valence-electron chi connectivity index (χ3n) is 7.08. The van der Waals surface area contributed by atoms with Crippen molar-refractivity contribution in [3.05, 3.63) is 78.4 Å². The molecule has 10 nitrogen and oxygen atoms in total. The first-order valence-corrected chi connectivity index (χ1v) is 16.2. The molecule has 0 heterocycles. The van der Waals surface area contributed by atoms with E-state index in [1.165, 1.54) is 37.3 Å². The van der Waals surface area contributed by atoms with Gasteiger partial charge in [0.15, 0.2) is 11.5 Å². The minimum Gasteiger partial charge on any atom is -0.494 e. The van der Waals surface area contributed by atoms with Gasteiger partial charge in [-0.15, -0.1) is 0 Å². The first-order valence-electron chi connectivity index (χ1n) is 14.8. The maximum atomic E-state index is 14.2. The molecule has 0 aliphatic carbocycles. The Morgan fingerprint density at radius 1 is 0.886 bits per heavy atom. The number of methoxy groups -OCH3 is 2. The van der Waals surface area contributed by atoms with E-state index < -0.39 is 28.5 Å². The number of carbonyl (C=O) groups excluding carboxylic acids is 2. The van der Waals surface area contributed by atoms with Crippen LogP contribution in [0.2, 0.25) is 0 Å². The van der Waals surface area contributed by atoms with Gasteiger partial charge in [0.05, 0.1) is 31.4 Å². The molecule has 3 rings (SSSR count). The van der Waals surface area contributed by atoms with E-state index in [-0.39, 0.29) is 28.8 Å². The highest BCUT2D eigenvalue weighted by Gasteiger charge is 2.34. The van der Waals surface area contributed by atoms with Crippen LogP contribution in [0.15, 0.2) is 77.7 Å². The van der Waals surface area contributed by atoms with Gasteiger partial charge in [-0.05, 0) is 68.1 Å². The first-order chi connectivity index (χ1) is 21.2. The number of ether oxygens (including phenoxy) is 3. The van der Waals surface area contributed by atoms with Crippen LogP contribution in [0.1, 0.15) is 39.2 Å². The largest absolute Gasteiger partial charge is 0.494 e. The van der Waals surface area contributed by atoms with E-state index >= 15 is 0 Å². The Bertz CT molecular complexity index is 1460. The second-order valence-electron chi connectivity index (χ2n) is 9.99. The van der Waals surface area contributed by atoms with Crippen LogP contribution in [0.4, 0.5) is 5.69 Å². The third-order valence-corrected chi connectivity index (χ3v) is 8.85. The second kappa shape index (κ2) is 16.6. The summed E-state index contributed by atoms with van der Waals surface area (Å²) in [4.78, 5) is 28.8. The zero-order chi connectivity index (χ0) is 32.1. The molecule has 238 valence electrons. The molecule has 11 heteroatoms. The van der Waals surface area contributed by atoms with E-state index in [1.54, 1.807) is 24.3 Å². The minimum atomic E-state index is -4.29. The highest BCUT2D eigenvalue weighted by Crippen LogP contribution is 2.33. The molecule has 44 heavy (non-hydrogen) atoms. The number of sulfonamides is 1. The maximum absolute atomic E-state index is 14.2. The normalized spacial score (nSPS) is 11.8. The number of benzene rings is 3. The molecule has 3 aromatic rings. The predicted octanol–water partition coefficient (Wildman–Crippen LogP) is 4.67. The Kier molecular flexibility index (Phi) is 12.9. The Morgan fingerprint density at radius 3 is 2.16 bits per heavy atom. The van der Waals surface area contributed by atoms with Crippen LogP contribution in [-0.4, -0.2) is 71.6 Å². The number of rotatable bonds is 17. The standard InChI is InChI=1S/C33H43N3O7S/c1-6-21-34-33(38)29(7-2)35(22-20-25-12-10-9-11-13-25)32(37)24-36(26-14-16-27(17-15-26)43-8-3)44(39,40)28-18-19-30(41-4)31(23-28)42-5/h9-19,23,29H,6-8,20-22,24H2,1-5H3,(H,34,38)/t29-/m1/s1. The number of amides is 2. The van der Waals surface area contributed by atoms with Crippen LogP contribution in [0, 0.1) is 0 Å². The fraction of sp³-hybridized carbons (Fsp3) is 0.394. The Morgan fingerprint density at radius 2 is 1.57 bits per heavy atom.